The van der Waals surface area contributed by atoms with Crippen molar-refractivity contribution in [1.29, 1.82) is 0 Å². The average molecular weight is 273 g/mol. The summed E-state index contributed by atoms with van der Waals surface area (Å²) in [7, 11) is 0. The molecule has 1 aliphatic heterocycles. The maximum absolute atomic E-state index is 11.7. The molecule has 3 N–H and O–H groups in total. The van der Waals surface area contributed by atoms with Gasteiger partial charge >= 0.3 is 0 Å². The molecule has 1 saturated carbocycles. The van der Waals surface area contributed by atoms with Crippen LogP contribution in [0.3, 0.4) is 0 Å². The first-order valence-electron chi connectivity index (χ1n) is 7.69. The van der Waals surface area contributed by atoms with E-state index in [1.165, 1.54) is 19.3 Å². The fourth-order valence-corrected chi connectivity index (χ4v) is 2.60. The van der Waals surface area contributed by atoms with E-state index in [-0.39, 0.29) is 11.8 Å². The summed E-state index contributed by atoms with van der Waals surface area (Å²) in [6, 6.07) is 8.59. The van der Waals surface area contributed by atoms with E-state index in [0.29, 0.717) is 6.04 Å². The van der Waals surface area contributed by atoms with Gasteiger partial charge in [0.05, 0.1) is 0 Å². The Bertz CT molecular complexity index is 447. The van der Waals surface area contributed by atoms with Gasteiger partial charge in [-0.1, -0.05) is 6.42 Å². The van der Waals surface area contributed by atoms with E-state index in [4.69, 9.17) is 0 Å². The topological polar surface area (TPSA) is 53.2 Å². The van der Waals surface area contributed by atoms with Gasteiger partial charge in [0.25, 0.3) is 0 Å². The van der Waals surface area contributed by atoms with Crippen LogP contribution in [0.5, 0.6) is 0 Å². The minimum absolute atomic E-state index is 0.164. The number of anilines is 2. The van der Waals surface area contributed by atoms with Crippen LogP contribution in [0.1, 0.15) is 32.1 Å². The first-order chi connectivity index (χ1) is 9.81. The molecular formula is C16H23N3O. The van der Waals surface area contributed by atoms with Gasteiger partial charge in [-0.15, -0.1) is 0 Å². The van der Waals surface area contributed by atoms with Gasteiger partial charge in [0.15, 0.2) is 0 Å². The standard InChI is InChI=1S/C16H23N3O/c20-16(12-4-5-12)19-14-8-6-13(7-9-14)18-11-15-3-1-2-10-17-15/h6-9,12,15,17-18H,1-5,10-11H2,(H,19,20). The fourth-order valence-electron chi connectivity index (χ4n) is 2.60. The van der Waals surface area contributed by atoms with Crippen LogP contribution in [0.2, 0.25) is 0 Å². The Morgan fingerprint density at radius 1 is 1.10 bits per heavy atom. The van der Waals surface area contributed by atoms with Crippen LogP contribution in [0, 0.1) is 5.92 Å². The molecule has 1 heterocycles. The molecule has 1 aromatic carbocycles. The van der Waals surface area contributed by atoms with E-state index in [1.54, 1.807) is 0 Å². The van der Waals surface area contributed by atoms with Crippen LogP contribution < -0.4 is 16.0 Å². The van der Waals surface area contributed by atoms with Crippen LogP contribution in [-0.4, -0.2) is 25.0 Å². The molecule has 1 atom stereocenters. The van der Waals surface area contributed by atoms with Gasteiger partial charge in [-0.2, -0.15) is 0 Å². The third kappa shape index (κ3) is 3.73. The van der Waals surface area contributed by atoms with Crippen molar-refractivity contribution in [1.82, 2.24) is 5.32 Å². The van der Waals surface area contributed by atoms with Gasteiger partial charge in [0.1, 0.15) is 0 Å². The Labute approximate surface area is 120 Å². The van der Waals surface area contributed by atoms with E-state index in [9.17, 15) is 4.79 Å². The Balaban J connectivity index is 1.46. The van der Waals surface area contributed by atoms with Crippen molar-refractivity contribution in [3.05, 3.63) is 24.3 Å². The first-order valence-corrected chi connectivity index (χ1v) is 7.69. The molecule has 20 heavy (non-hydrogen) atoms. The van der Waals surface area contributed by atoms with Gasteiger partial charge in [-0.05, 0) is 56.5 Å². The van der Waals surface area contributed by atoms with Gasteiger partial charge in [0, 0.05) is 29.9 Å². The van der Waals surface area contributed by atoms with Crippen molar-refractivity contribution < 1.29 is 4.79 Å². The number of carbonyl (C=O) groups excluding carboxylic acids is 1. The third-order valence-corrected chi connectivity index (χ3v) is 4.07. The number of hydrogen-bond acceptors (Lipinski definition) is 3. The van der Waals surface area contributed by atoms with Crippen LogP contribution in [0.25, 0.3) is 0 Å². The largest absolute Gasteiger partial charge is 0.383 e. The molecule has 2 aliphatic rings. The molecule has 0 bridgehead atoms. The maximum atomic E-state index is 11.7. The smallest absolute Gasteiger partial charge is 0.227 e. The molecule has 0 spiro atoms. The third-order valence-electron chi connectivity index (χ3n) is 4.07. The lowest BCUT2D eigenvalue weighted by Crippen LogP contribution is -2.39. The van der Waals surface area contributed by atoms with Crippen molar-refractivity contribution in [3.8, 4) is 0 Å². The van der Waals surface area contributed by atoms with Gasteiger partial charge in [-0.25, -0.2) is 0 Å². The van der Waals surface area contributed by atoms with Gasteiger partial charge in [0.2, 0.25) is 5.91 Å². The van der Waals surface area contributed by atoms with Crippen LogP contribution in [0.15, 0.2) is 24.3 Å². The molecule has 108 valence electrons. The van der Waals surface area contributed by atoms with E-state index in [1.807, 2.05) is 24.3 Å². The second-order valence-electron chi connectivity index (χ2n) is 5.87. The number of hydrogen-bond donors (Lipinski definition) is 3. The Kier molecular flexibility index (Phi) is 4.21. The van der Waals surface area contributed by atoms with Crippen molar-refractivity contribution >= 4 is 17.3 Å². The Hall–Kier alpha value is -1.55. The molecule has 4 heteroatoms. The highest BCUT2D eigenvalue weighted by molar-refractivity contribution is 5.94. The minimum Gasteiger partial charge on any atom is -0.383 e. The molecular weight excluding hydrogens is 250 g/mol. The Morgan fingerprint density at radius 3 is 2.50 bits per heavy atom. The summed E-state index contributed by atoms with van der Waals surface area (Å²) < 4.78 is 0. The molecule has 1 aliphatic carbocycles. The van der Waals surface area contributed by atoms with E-state index < -0.39 is 0 Å². The molecule has 1 aromatic rings. The zero-order valence-corrected chi connectivity index (χ0v) is 11.8. The lowest BCUT2D eigenvalue weighted by atomic mass is 10.1. The van der Waals surface area contributed by atoms with Crippen molar-refractivity contribution in [2.24, 2.45) is 5.92 Å². The quantitative estimate of drug-likeness (QED) is 0.773. The van der Waals surface area contributed by atoms with E-state index in [0.717, 1.165) is 37.3 Å². The summed E-state index contributed by atoms with van der Waals surface area (Å²) >= 11 is 0. The number of piperidine rings is 1. The lowest BCUT2D eigenvalue weighted by Gasteiger charge is -2.24. The summed E-state index contributed by atoms with van der Waals surface area (Å²) in [4.78, 5) is 11.7. The Morgan fingerprint density at radius 2 is 1.85 bits per heavy atom. The summed E-state index contributed by atoms with van der Waals surface area (Å²) in [5, 5.41) is 9.94. The number of nitrogens with one attached hydrogen (secondary N) is 3. The van der Waals surface area contributed by atoms with Crippen LogP contribution in [0.4, 0.5) is 11.4 Å². The fraction of sp³-hybridized carbons (Fsp3) is 0.562. The molecule has 2 fully saturated rings. The summed E-state index contributed by atoms with van der Waals surface area (Å²) in [6.45, 7) is 2.10. The normalized spacial score (nSPS) is 22.3. The first kappa shape index (κ1) is 13.4. The predicted octanol–water partition coefficient (Wildman–Crippen LogP) is 2.59. The summed E-state index contributed by atoms with van der Waals surface area (Å²) in [5.74, 6) is 0.419. The zero-order chi connectivity index (χ0) is 13.8. The zero-order valence-electron chi connectivity index (χ0n) is 11.8. The number of benzene rings is 1. The number of amides is 1. The van der Waals surface area contributed by atoms with Crippen LogP contribution >= 0.6 is 0 Å². The highest BCUT2D eigenvalue weighted by atomic mass is 16.2. The van der Waals surface area contributed by atoms with Crippen molar-refractivity contribution in [2.45, 2.75) is 38.1 Å². The minimum atomic E-state index is 0.164. The molecule has 1 saturated heterocycles. The molecule has 1 amide bonds. The molecule has 0 aromatic heterocycles. The summed E-state index contributed by atoms with van der Waals surface area (Å²) in [6.07, 6.45) is 5.96. The SMILES string of the molecule is O=C(Nc1ccc(NCC2CCCCN2)cc1)C1CC1. The second-order valence-corrected chi connectivity index (χ2v) is 5.87. The van der Waals surface area contributed by atoms with Gasteiger partial charge in [-0.3, -0.25) is 4.79 Å². The van der Waals surface area contributed by atoms with Crippen LogP contribution in [-0.2, 0) is 4.79 Å². The van der Waals surface area contributed by atoms with E-state index in [2.05, 4.69) is 16.0 Å². The monoisotopic (exact) mass is 273 g/mol. The average Bonchev–Trinajstić information content (AvgIpc) is 3.32. The van der Waals surface area contributed by atoms with Crippen molar-refractivity contribution in [2.75, 3.05) is 23.7 Å². The second kappa shape index (κ2) is 6.27. The molecule has 3 rings (SSSR count). The molecule has 4 nitrogen and oxygen atoms in total. The lowest BCUT2D eigenvalue weighted by molar-refractivity contribution is -0.117. The molecule has 0 radical (unpaired) electrons. The van der Waals surface area contributed by atoms with Crippen molar-refractivity contribution in [3.63, 3.8) is 0 Å². The van der Waals surface area contributed by atoms with Gasteiger partial charge < -0.3 is 16.0 Å². The highest BCUT2D eigenvalue weighted by Gasteiger charge is 2.29. The van der Waals surface area contributed by atoms with E-state index >= 15 is 0 Å². The number of rotatable bonds is 5. The predicted molar refractivity (Wildman–Crippen MR) is 81.9 cm³/mol. The summed E-state index contributed by atoms with van der Waals surface area (Å²) in [5.41, 5.74) is 2.00. The maximum Gasteiger partial charge on any atom is 0.227 e. The number of carbonyl (C=O) groups is 1. The highest BCUT2D eigenvalue weighted by Crippen LogP contribution is 2.30. The molecule has 1 unspecified atom stereocenters.